The molecule has 2 rings (SSSR count). The minimum Gasteiger partial charge on any atom is -0.229 e. The lowest BCUT2D eigenvalue weighted by Crippen LogP contribution is -2.06. The van der Waals surface area contributed by atoms with Gasteiger partial charge in [-0.2, -0.15) is 5.10 Å². The molecule has 0 bridgehead atoms. The Kier molecular flexibility index (Phi) is 4.58. The molecular formula is C17H18BN3. The Morgan fingerprint density at radius 3 is 2.81 bits per heavy atom. The van der Waals surface area contributed by atoms with Crippen LogP contribution in [0.2, 0.25) is 0 Å². The molecule has 2 heterocycles. The molecule has 0 unspecified atom stereocenters. The lowest BCUT2D eigenvalue weighted by molar-refractivity contribution is 0.926. The first-order valence-electron chi connectivity index (χ1n) is 6.87. The molecule has 0 spiro atoms. The maximum Gasteiger partial charge on any atom is 0.155 e. The highest BCUT2D eigenvalue weighted by Crippen LogP contribution is 2.21. The molecule has 4 heteroatoms. The summed E-state index contributed by atoms with van der Waals surface area (Å²) in [5.74, 6) is 0. The summed E-state index contributed by atoms with van der Waals surface area (Å²) in [6.07, 6.45) is 8.42. The lowest BCUT2D eigenvalue weighted by atomic mass is 10.1. The lowest BCUT2D eigenvalue weighted by Gasteiger charge is -2.09. The van der Waals surface area contributed by atoms with Crippen LogP contribution in [0.1, 0.15) is 31.7 Å². The summed E-state index contributed by atoms with van der Waals surface area (Å²) in [5.41, 5.74) is 5.07. The van der Waals surface area contributed by atoms with Gasteiger partial charge in [-0.3, -0.25) is 0 Å². The van der Waals surface area contributed by atoms with Gasteiger partial charge in [0.25, 0.3) is 0 Å². The molecule has 3 nitrogen and oxygen atoms in total. The zero-order chi connectivity index (χ0) is 15.4. The maximum atomic E-state index is 5.80. The molecule has 2 radical (unpaired) electrons. The number of nitrogens with zero attached hydrogens (tertiary/aromatic N) is 3. The SMILES string of the molecule is [B]c1cc2nc(C(=C)CC)cc(/C(C)=C/C=C\C=C)n2n1. The van der Waals surface area contributed by atoms with Gasteiger partial charge in [-0.05, 0) is 36.6 Å². The number of fused-ring (bicyclic) bond motifs is 1. The molecule has 2 aromatic rings. The van der Waals surface area contributed by atoms with Crippen LogP contribution < -0.4 is 5.59 Å². The number of allylic oxidation sites excluding steroid dienone is 6. The Labute approximate surface area is 126 Å². The van der Waals surface area contributed by atoms with E-state index in [0.717, 1.165) is 34.6 Å². The molecular weight excluding hydrogens is 257 g/mol. The van der Waals surface area contributed by atoms with Gasteiger partial charge < -0.3 is 0 Å². The third kappa shape index (κ3) is 3.22. The fourth-order valence-corrected chi connectivity index (χ4v) is 2.00. The van der Waals surface area contributed by atoms with Crippen molar-refractivity contribution in [2.24, 2.45) is 0 Å². The predicted molar refractivity (Wildman–Crippen MR) is 90.7 cm³/mol. The molecule has 2 aromatic heterocycles. The summed E-state index contributed by atoms with van der Waals surface area (Å²) in [4.78, 5) is 4.57. The van der Waals surface area contributed by atoms with Crippen molar-refractivity contribution >= 4 is 30.2 Å². The Morgan fingerprint density at radius 1 is 1.38 bits per heavy atom. The molecule has 0 aliphatic carbocycles. The fourth-order valence-electron chi connectivity index (χ4n) is 2.00. The van der Waals surface area contributed by atoms with Crippen LogP contribution >= 0.6 is 0 Å². The summed E-state index contributed by atoms with van der Waals surface area (Å²) in [7, 11) is 5.80. The number of aromatic nitrogens is 3. The minimum atomic E-state index is 0.456. The van der Waals surface area contributed by atoms with E-state index in [-0.39, 0.29) is 0 Å². The van der Waals surface area contributed by atoms with Gasteiger partial charge in [0.2, 0.25) is 0 Å². The number of rotatable bonds is 5. The monoisotopic (exact) mass is 275 g/mol. The predicted octanol–water partition coefficient (Wildman–Crippen LogP) is 3.09. The second-order valence-corrected chi connectivity index (χ2v) is 4.79. The van der Waals surface area contributed by atoms with Gasteiger partial charge in [0, 0.05) is 5.59 Å². The molecule has 0 aromatic carbocycles. The van der Waals surface area contributed by atoms with Gasteiger partial charge >= 0.3 is 0 Å². The number of hydrogen-bond donors (Lipinski definition) is 0. The van der Waals surface area contributed by atoms with Crippen LogP contribution in [0.25, 0.3) is 16.8 Å². The summed E-state index contributed by atoms with van der Waals surface area (Å²) in [5, 5.41) is 4.31. The van der Waals surface area contributed by atoms with Crippen molar-refractivity contribution < 1.29 is 0 Å². The van der Waals surface area contributed by atoms with Gasteiger partial charge in [-0.25, -0.2) is 9.50 Å². The summed E-state index contributed by atoms with van der Waals surface area (Å²) in [6.45, 7) is 11.8. The van der Waals surface area contributed by atoms with Crippen molar-refractivity contribution in [3.63, 3.8) is 0 Å². The van der Waals surface area contributed by atoms with Crippen LogP contribution in [-0.2, 0) is 0 Å². The number of hydrogen-bond acceptors (Lipinski definition) is 2. The fraction of sp³-hybridized carbons (Fsp3) is 0.176. The van der Waals surface area contributed by atoms with Crippen molar-refractivity contribution in [3.8, 4) is 0 Å². The van der Waals surface area contributed by atoms with Gasteiger partial charge in [0.15, 0.2) is 5.65 Å². The van der Waals surface area contributed by atoms with E-state index in [1.165, 1.54) is 0 Å². The quantitative estimate of drug-likeness (QED) is 0.620. The molecule has 0 N–H and O–H groups in total. The molecule has 21 heavy (non-hydrogen) atoms. The van der Waals surface area contributed by atoms with Crippen LogP contribution in [-0.4, -0.2) is 22.4 Å². The van der Waals surface area contributed by atoms with Gasteiger partial charge in [0.1, 0.15) is 7.85 Å². The Bertz CT molecular complexity index is 751. The minimum absolute atomic E-state index is 0.456. The van der Waals surface area contributed by atoms with Crippen LogP contribution in [0, 0.1) is 0 Å². The van der Waals surface area contributed by atoms with E-state index in [1.807, 2.05) is 31.2 Å². The molecule has 0 amide bonds. The third-order valence-corrected chi connectivity index (χ3v) is 3.23. The third-order valence-electron chi connectivity index (χ3n) is 3.23. The van der Waals surface area contributed by atoms with Crippen LogP contribution in [0.5, 0.6) is 0 Å². The van der Waals surface area contributed by atoms with Gasteiger partial charge in [-0.15, -0.1) is 0 Å². The molecule has 0 saturated carbocycles. The topological polar surface area (TPSA) is 30.2 Å². The van der Waals surface area contributed by atoms with Crippen molar-refractivity contribution in [2.45, 2.75) is 20.3 Å². The highest BCUT2D eigenvalue weighted by molar-refractivity contribution is 6.31. The molecule has 0 saturated heterocycles. The zero-order valence-corrected chi connectivity index (χ0v) is 12.5. The van der Waals surface area contributed by atoms with Crippen LogP contribution in [0.4, 0.5) is 0 Å². The highest BCUT2D eigenvalue weighted by atomic mass is 15.3. The van der Waals surface area contributed by atoms with E-state index >= 15 is 0 Å². The van der Waals surface area contributed by atoms with Gasteiger partial charge in [-0.1, -0.05) is 44.4 Å². The van der Waals surface area contributed by atoms with Crippen molar-refractivity contribution in [1.82, 2.24) is 14.6 Å². The summed E-state index contributed by atoms with van der Waals surface area (Å²) in [6, 6.07) is 3.77. The van der Waals surface area contributed by atoms with E-state index < -0.39 is 0 Å². The molecule has 0 fully saturated rings. The van der Waals surface area contributed by atoms with E-state index in [9.17, 15) is 0 Å². The van der Waals surface area contributed by atoms with E-state index in [1.54, 1.807) is 16.7 Å². The molecule has 0 aliphatic rings. The Hall–Kier alpha value is -2.36. The Balaban J connectivity index is 2.64. The van der Waals surface area contributed by atoms with Crippen LogP contribution in [0.3, 0.4) is 0 Å². The second-order valence-electron chi connectivity index (χ2n) is 4.79. The first-order chi connectivity index (χ1) is 10.1. The molecule has 0 atom stereocenters. The Morgan fingerprint density at radius 2 is 2.14 bits per heavy atom. The van der Waals surface area contributed by atoms with Crippen molar-refractivity contribution in [1.29, 1.82) is 0 Å². The second kappa shape index (κ2) is 6.40. The van der Waals surface area contributed by atoms with E-state index in [2.05, 4.69) is 30.2 Å². The van der Waals surface area contributed by atoms with E-state index in [0.29, 0.717) is 5.59 Å². The van der Waals surface area contributed by atoms with Crippen molar-refractivity contribution in [3.05, 3.63) is 61.0 Å². The van der Waals surface area contributed by atoms with Crippen LogP contribution in [0.15, 0.2) is 49.6 Å². The van der Waals surface area contributed by atoms with Gasteiger partial charge in [0.05, 0.1) is 11.4 Å². The molecule has 104 valence electrons. The zero-order valence-electron chi connectivity index (χ0n) is 12.5. The average molecular weight is 275 g/mol. The van der Waals surface area contributed by atoms with Crippen molar-refractivity contribution in [2.75, 3.05) is 0 Å². The summed E-state index contributed by atoms with van der Waals surface area (Å²) >= 11 is 0. The molecule has 0 aliphatic heterocycles. The smallest absolute Gasteiger partial charge is 0.155 e. The highest BCUT2D eigenvalue weighted by Gasteiger charge is 2.10. The summed E-state index contributed by atoms with van der Waals surface area (Å²) < 4.78 is 1.76. The van der Waals surface area contributed by atoms with E-state index in [4.69, 9.17) is 7.85 Å². The maximum absolute atomic E-state index is 5.80. The first kappa shape index (κ1) is 15.0. The standard InChI is InChI=1S/C17H18BN3/c1-5-7-8-9-13(4)15-10-14(12(3)6-2)19-17-11-16(18)20-21(15)17/h5,7-11H,1,3,6H2,2,4H3/b8-7-,13-9+. The average Bonchev–Trinajstić information content (AvgIpc) is 2.85. The first-order valence-corrected chi connectivity index (χ1v) is 6.87. The normalized spacial score (nSPS) is 12.2. The largest absolute Gasteiger partial charge is 0.229 e.